The molecule has 1 aromatic heterocycles. The Kier molecular flexibility index (Phi) is 5.63. The van der Waals surface area contributed by atoms with Gasteiger partial charge in [-0.2, -0.15) is 0 Å². The van der Waals surface area contributed by atoms with Gasteiger partial charge < -0.3 is 10.1 Å². The monoisotopic (exact) mass is 422 g/mol. The molecule has 0 saturated carbocycles. The Bertz CT molecular complexity index is 1110. The summed E-state index contributed by atoms with van der Waals surface area (Å²) in [4.78, 5) is 28.4. The lowest BCUT2D eigenvalue weighted by Crippen LogP contribution is -2.32. The zero-order chi connectivity index (χ0) is 21.1. The molecule has 2 aromatic carbocycles. The molecule has 3 aromatic rings. The van der Waals surface area contributed by atoms with Crippen LogP contribution < -0.4 is 15.0 Å². The van der Waals surface area contributed by atoms with E-state index in [1.165, 1.54) is 35.6 Å². The highest BCUT2D eigenvalue weighted by atomic mass is 32.1. The molecule has 0 atom stereocenters. The minimum absolute atomic E-state index is 0.161. The molecule has 0 bridgehead atoms. The van der Waals surface area contributed by atoms with Gasteiger partial charge in [0.25, 0.3) is 11.8 Å². The van der Waals surface area contributed by atoms with E-state index in [2.05, 4.69) is 5.32 Å². The second-order valence-corrected chi connectivity index (χ2v) is 7.60. The van der Waals surface area contributed by atoms with Crippen molar-refractivity contribution in [1.82, 2.24) is 0 Å². The van der Waals surface area contributed by atoms with Crippen LogP contribution >= 0.6 is 11.3 Å². The molecule has 1 aliphatic rings. The average molecular weight is 422 g/mol. The van der Waals surface area contributed by atoms with Gasteiger partial charge >= 0.3 is 0 Å². The molecule has 2 amide bonds. The molecule has 2 heterocycles. The molecular weight excluding hydrogens is 403 g/mol. The summed E-state index contributed by atoms with van der Waals surface area (Å²) >= 11 is 1.37. The van der Waals surface area contributed by atoms with Gasteiger partial charge in [-0.25, -0.2) is 9.29 Å². The van der Waals surface area contributed by atoms with Crippen LogP contribution in [0.1, 0.15) is 18.2 Å². The number of carbonyl (C=O) groups excluding carboxylic acids is 2. The van der Waals surface area contributed by atoms with Gasteiger partial charge in [0.15, 0.2) is 0 Å². The van der Waals surface area contributed by atoms with Crippen LogP contribution in [0.25, 0.3) is 5.57 Å². The summed E-state index contributed by atoms with van der Waals surface area (Å²) in [6.45, 7) is 2.55. The van der Waals surface area contributed by atoms with Crippen LogP contribution in [0.2, 0.25) is 0 Å². The maximum absolute atomic E-state index is 13.3. The van der Waals surface area contributed by atoms with Crippen molar-refractivity contribution in [2.75, 3.05) is 16.8 Å². The van der Waals surface area contributed by atoms with Crippen LogP contribution in [0, 0.1) is 5.82 Å². The molecule has 0 radical (unpaired) electrons. The molecule has 0 spiro atoms. The van der Waals surface area contributed by atoms with Crippen molar-refractivity contribution in [2.45, 2.75) is 13.3 Å². The first-order chi connectivity index (χ1) is 14.6. The van der Waals surface area contributed by atoms with Gasteiger partial charge in [-0.15, -0.1) is 11.3 Å². The number of carbonyl (C=O) groups is 2. The van der Waals surface area contributed by atoms with Crippen molar-refractivity contribution in [3.63, 3.8) is 0 Å². The molecule has 1 N–H and O–H groups in total. The molecule has 7 heteroatoms. The van der Waals surface area contributed by atoms with Crippen LogP contribution in [-0.4, -0.2) is 18.4 Å². The molecule has 0 saturated heterocycles. The van der Waals surface area contributed by atoms with Gasteiger partial charge in [-0.05, 0) is 54.3 Å². The van der Waals surface area contributed by atoms with Gasteiger partial charge in [-0.1, -0.05) is 19.1 Å². The zero-order valence-electron chi connectivity index (χ0n) is 16.2. The fourth-order valence-electron chi connectivity index (χ4n) is 3.14. The lowest BCUT2D eigenvalue weighted by molar-refractivity contribution is -0.120. The van der Waals surface area contributed by atoms with Gasteiger partial charge in [0.2, 0.25) is 0 Å². The summed E-state index contributed by atoms with van der Waals surface area (Å²) in [5.41, 5.74) is 1.40. The minimum Gasteiger partial charge on any atom is -0.494 e. The Morgan fingerprint density at radius 2 is 1.83 bits per heavy atom. The number of hydrogen-bond acceptors (Lipinski definition) is 5. The fraction of sp³-hybridized carbons (Fsp3) is 0.130. The van der Waals surface area contributed by atoms with Crippen LogP contribution in [0.5, 0.6) is 5.75 Å². The second kappa shape index (κ2) is 8.51. The van der Waals surface area contributed by atoms with Crippen LogP contribution in [0.15, 0.2) is 71.7 Å². The quantitative estimate of drug-likeness (QED) is 0.540. The van der Waals surface area contributed by atoms with Crippen molar-refractivity contribution >= 4 is 40.1 Å². The number of rotatable bonds is 7. The largest absolute Gasteiger partial charge is 0.494 e. The third-order valence-corrected chi connectivity index (χ3v) is 5.40. The summed E-state index contributed by atoms with van der Waals surface area (Å²) in [5, 5.41) is 4.86. The molecule has 0 unspecified atom stereocenters. The molecule has 152 valence electrons. The van der Waals surface area contributed by atoms with E-state index in [9.17, 15) is 14.0 Å². The normalized spacial score (nSPS) is 13.9. The number of nitrogens with zero attached hydrogens (tertiary/aromatic N) is 1. The Labute approximate surface area is 177 Å². The SMILES string of the molecule is CCCOc1cccc(N2C(=O)C(Nc3ccc(F)cc3)=C(c3cccs3)C2=O)c1. The second-order valence-electron chi connectivity index (χ2n) is 6.65. The highest BCUT2D eigenvalue weighted by Crippen LogP contribution is 2.36. The molecule has 0 aliphatic carbocycles. The first kappa shape index (κ1) is 19.8. The molecule has 30 heavy (non-hydrogen) atoms. The third-order valence-electron chi connectivity index (χ3n) is 4.51. The zero-order valence-corrected chi connectivity index (χ0v) is 17.0. The smallest absolute Gasteiger partial charge is 0.282 e. The van der Waals surface area contributed by atoms with Gasteiger partial charge in [-0.3, -0.25) is 9.59 Å². The topological polar surface area (TPSA) is 58.6 Å². The number of amides is 2. The summed E-state index contributed by atoms with van der Waals surface area (Å²) in [5.74, 6) is -0.681. The number of hydrogen-bond donors (Lipinski definition) is 1. The van der Waals surface area contributed by atoms with Gasteiger partial charge in [0.05, 0.1) is 17.9 Å². The van der Waals surface area contributed by atoms with E-state index in [-0.39, 0.29) is 11.5 Å². The third kappa shape index (κ3) is 3.84. The van der Waals surface area contributed by atoms with Gasteiger partial charge in [0, 0.05) is 16.6 Å². The van der Waals surface area contributed by atoms with E-state index in [4.69, 9.17) is 4.74 Å². The molecule has 0 fully saturated rings. The van der Waals surface area contributed by atoms with E-state index in [0.29, 0.717) is 34.2 Å². The van der Waals surface area contributed by atoms with Crippen LogP contribution in [0.4, 0.5) is 15.8 Å². The first-order valence-electron chi connectivity index (χ1n) is 9.51. The Hall–Kier alpha value is -3.45. The fourth-order valence-corrected chi connectivity index (χ4v) is 3.91. The first-order valence-corrected chi connectivity index (χ1v) is 10.4. The summed E-state index contributed by atoms with van der Waals surface area (Å²) in [6, 6.07) is 16.2. The standard InChI is InChI=1S/C23H19FN2O3S/c1-2-12-29-18-6-3-5-17(14-18)26-22(27)20(19-7-4-13-30-19)21(23(26)28)25-16-10-8-15(24)9-11-16/h3-11,13-14,25H,2,12H2,1H3. The van der Waals surface area contributed by atoms with Gasteiger partial charge in [0.1, 0.15) is 17.3 Å². The number of thiophene rings is 1. The summed E-state index contributed by atoms with van der Waals surface area (Å²) in [7, 11) is 0. The van der Waals surface area contributed by atoms with E-state index < -0.39 is 11.8 Å². The highest BCUT2D eigenvalue weighted by molar-refractivity contribution is 7.11. The average Bonchev–Trinajstić information content (AvgIpc) is 3.35. The Balaban J connectivity index is 1.72. The predicted molar refractivity (Wildman–Crippen MR) is 116 cm³/mol. The van der Waals surface area contributed by atoms with Crippen molar-refractivity contribution < 1.29 is 18.7 Å². The maximum atomic E-state index is 13.3. The van der Waals surface area contributed by atoms with E-state index in [1.54, 1.807) is 30.3 Å². The van der Waals surface area contributed by atoms with Crippen molar-refractivity contribution in [3.05, 3.63) is 82.4 Å². The molecular formula is C23H19FN2O3S. The van der Waals surface area contributed by atoms with Crippen LogP contribution in [-0.2, 0) is 9.59 Å². The number of halogens is 1. The Morgan fingerprint density at radius 1 is 1.03 bits per heavy atom. The lowest BCUT2D eigenvalue weighted by Gasteiger charge is -2.16. The molecule has 1 aliphatic heterocycles. The number of nitrogens with one attached hydrogen (secondary N) is 1. The van der Waals surface area contributed by atoms with Crippen molar-refractivity contribution in [2.24, 2.45) is 0 Å². The summed E-state index contributed by atoms with van der Waals surface area (Å²) in [6.07, 6.45) is 0.849. The molecule has 5 nitrogen and oxygen atoms in total. The predicted octanol–water partition coefficient (Wildman–Crippen LogP) is 5.07. The number of imide groups is 1. The summed E-state index contributed by atoms with van der Waals surface area (Å²) < 4.78 is 18.9. The maximum Gasteiger partial charge on any atom is 0.282 e. The van der Waals surface area contributed by atoms with Crippen molar-refractivity contribution in [3.8, 4) is 5.75 Å². The van der Waals surface area contributed by atoms with E-state index in [1.807, 2.05) is 18.4 Å². The highest BCUT2D eigenvalue weighted by Gasteiger charge is 2.40. The van der Waals surface area contributed by atoms with Crippen LogP contribution in [0.3, 0.4) is 0 Å². The van der Waals surface area contributed by atoms with E-state index >= 15 is 0 Å². The number of anilines is 2. The Morgan fingerprint density at radius 3 is 2.53 bits per heavy atom. The lowest BCUT2D eigenvalue weighted by atomic mass is 10.2. The minimum atomic E-state index is -0.472. The van der Waals surface area contributed by atoms with Crippen molar-refractivity contribution in [1.29, 1.82) is 0 Å². The number of ether oxygens (including phenoxy) is 1. The molecule has 4 rings (SSSR count). The number of benzene rings is 2. The van der Waals surface area contributed by atoms with E-state index in [0.717, 1.165) is 11.3 Å².